The Balaban J connectivity index is 1.48. The van der Waals surface area contributed by atoms with Crippen LogP contribution >= 0.6 is 0 Å². The third-order valence-electron chi connectivity index (χ3n) is 6.79. The molecule has 200 valence electrons. The van der Waals surface area contributed by atoms with Crippen LogP contribution in [0.1, 0.15) is 12.8 Å². The molecule has 2 aromatic heterocycles. The van der Waals surface area contributed by atoms with Crippen LogP contribution in [-0.4, -0.2) is 65.3 Å². The van der Waals surface area contributed by atoms with Crippen LogP contribution in [0.3, 0.4) is 0 Å². The molecule has 0 atom stereocenters. The van der Waals surface area contributed by atoms with Gasteiger partial charge in [0.15, 0.2) is 0 Å². The molecule has 0 saturated heterocycles. The molecule has 0 bridgehead atoms. The second-order valence-corrected chi connectivity index (χ2v) is 10.0. The van der Waals surface area contributed by atoms with Gasteiger partial charge in [0.05, 0.1) is 35.2 Å². The van der Waals surface area contributed by atoms with E-state index in [1.807, 2.05) is 27.2 Å². The smallest absolute Gasteiger partial charge is 0.334 e. The van der Waals surface area contributed by atoms with Crippen LogP contribution in [0, 0.1) is 11.7 Å². The van der Waals surface area contributed by atoms with Crippen LogP contribution in [0.25, 0.3) is 16.9 Å². The molecule has 2 heterocycles. The minimum Gasteiger partial charge on any atom is -0.494 e. The Labute approximate surface area is 220 Å². The highest BCUT2D eigenvalue weighted by Gasteiger charge is 2.25. The molecule has 1 saturated carbocycles. The van der Waals surface area contributed by atoms with Gasteiger partial charge in [0, 0.05) is 45.0 Å². The summed E-state index contributed by atoms with van der Waals surface area (Å²) < 4.78 is 22.9. The van der Waals surface area contributed by atoms with Crippen molar-refractivity contribution in [2.75, 3.05) is 57.3 Å². The Hall–Kier alpha value is -4.12. The summed E-state index contributed by atoms with van der Waals surface area (Å²) in [7, 11) is 7.62. The van der Waals surface area contributed by atoms with Crippen molar-refractivity contribution < 1.29 is 9.13 Å². The molecule has 38 heavy (non-hydrogen) atoms. The zero-order chi connectivity index (χ0) is 27.0. The van der Waals surface area contributed by atoms with E-state index in [-0.39, 0.29) is 17.5 Å². The van der Waals surface area contributed by atoms with E-state index in [4.69, 9.17) is 10.5 Å². The Bertz CT molecular complexity index is 1530. The Morgan fingerprint density at radius 3 is 2.63 bits per heavy atom. The van der Waals surface area contributed by atoms with E-state index in [1.165, 1.54) is 16.7 Å². The van der Waals surface area contributed by atoms with E-state index < -0.39 is 0 Å². The minimum atomic E-state index is -0.385. The largest absolute Gasteiger partial charge is 0.494 e. The van der Waals surface area contributed by atoms with E-state index in [0.717, 1.165) is 31.6 Å². The summed E-state index contributed by atoms with van der Waals surface area (Å²) in [5.74, 6) is 1.29. The lowest BCUT2D eigenvalue weighted by Crippen LogP contribution is -2.29. The number of nitrogens with one attached hydrogen (secondary N) is 1. The number of hydrogen-bond donors (Lipinski definition) is 2. The minimum absolute atomic E-state index is 0.255. The number of aromatic nitrogens is 4. The molecule has 0 radical (unpaired) electrons. The monoisotopic (exact) mass is 520 g/mol. The van der Waals surface area contributed by atoms with Crippen molar-refractivity contribution in [2.45, 2.75) is 19.4 Å². The van der Waals surface area contributed by atoms with Crippen molar-refractivity contribution in [1.82, 2.24) is 24.0 Å². The number of hydrogen-bond acceptors (Lipinski definition) is 8. The van der Waals surface area contributed by atoms with Crippen molar-refractivity contribution in [3.63, 3.8) is 0 Å². The Morgan fingerprint density at radius 2 is 1.92 bits per heavy atom. The number of imidazole rings is 1. The molecular formula is C27H33FN8O2. The third-order valence-corrected chi connectivity index (χ3v) is 6.79. The number of rotatable bonds is 10. The van der Waals surface area contributed by atoms with Crippen LogP contribution in [-0.2, 0) is 6.54 Å². The van der Waals surface area contributed by atoms with E-state index in [1.54, 1.807) is 36.1 Å². The molecule has 1 aliphatic carbocycles. The van der Waals surface area contributed by atoms with Gasteiger partial charge in [-0.05, 0) is 57.1 Å². The van der Waals surface area contributed by atoms with Crippen LogP contribution in [0.4, 0.5) is 27.4 Å². The maximum Gasteiger partial charge on any atom is 0.334 e. The second-order valence-electron chi connectivity index (χ2n) is 10.0. The first kappa shape index (κ1) is 25.5. The van der Waals surface area contributed by atoms with Gasteiger partial charge in [-0.25, -0.2) is 18.7 Å². The molecule has 5 rings (SSSR count). The van der Waals surface area contributed by atoms with Gasteiger partial charge < -0.3 is 25.6 Å². The summed E-state index contributed by atoms with van der Waals surface area (Å²) in [5.41, 5.74) is 9.31. The number of likely N-dealkylation sites (N-methyl/N-ethyl adjacent to an activating group) is 2. The number of anilines is 4. The van der Waals surface area contributed by atoms with Gasteiger partial charge in [-0.2, -0.15) is 4.98 Å². The summed E-state index contributed by atoms with van der Waals surface area (Å²) in [5, 5.41) is 3.18. The van der Waals surface area contributed by atoms with E-state index in [9.17, 15) is 9.18 Å². The highest BCUT2D eigenvalue weighted by molar-refractivity contribution is 5.80. The van der Waals surface area contributed by atoms with Gasteiger partial charge >= 0.3 is 5.69 Å². The quantitative estimate of drug-likeness (QED) is 0.306. The van der Waals surface area contributed by atoms with E-state index >= 15 is 0 Å². The standard InChI is InChI=1S/C27H33FN8O2/c1-33(2)11-12-34(3)22-15-24(38-4)20(14-19(22)29)31-26-30-10-9-25(32-26)36-21-8-7-18(28)13-23(21)35(27(36)37)16-17-5-6-17/h7-10,13-15,17H,5-6,11-12,16,29H2,1-4H3,(H,30,31,32). The number of nitrogen functional groups attached to an aromatic ring is 1. The molecule has 0 aliphatic heterocycles. The second kappa shape index (κ2) is 10.3. The number of halogens is 1. The average Bonchev–Trinajstić information content (AvgIpc) is 3.67. The van der Waals surface area contributed by atoms with Crippen molar-refractivity contribution in [3.8, 4) is 11.6 Å². The number of ether oxygens (including phenoxy) is 1. The molecule has 0 spiro atoms. The van der Waals surface area contributed by atoms with Crippen LogP contribution < -0.4 is 26.4 Å². The molecule has 2 aromatic carbocycles. The van der Waals surface area contributed by atoms with Gasteiger partial charge in [-0.1, -0.05) is 0 Å². The van der Waals surface area contributed by atoms with E-state index in [2.05, 4.69) is 25.1 Å². The number of benzene rings is 2. The molecule has 3 N–H and O–H groups in total. The normalized spacial score (nSPS) is 13.3. The molecule has 1 aliphatic rings. The first-order chi connectivity index (χ1) is 18.2. The van der Waals surface area contributed by atoms with Gasteiger partial charge in [-0.3, -0.25) is 4.57 Å². The average molecular weight is 521 g/mol. The fourth-order valence-corrected chi connectivity index (χ4v) is 4.49. The molecule has 0 unspecified atom stereocenters. The maximum absolute atomic E-state index is 14.1. The summed E-state index contributed by atoms with van der Waals surface area (Å²) >= 11 is 0. The molecule has 4 aromatic rings. The van der Waals surface area contributed by atoms with Crippen LogP contribution in [0.15, 0.2) is 47.4 Å². The van der Waals surface area contributed by atoms with Crippen LogP contribution in [0.5, 0.6) is 5.75 Å². The van der Waals surface area contributed by atoms with Gasteiger partial charge in [-0.15, -0.1) is 0 Å². The maximum atomic E-state index is 14.1. The Morgan fingerprint density at radius 1 is 1.13 bits per heavy atom. The molecular weight excluding hydrogens is 487 g/mol. The lowest BCUT2D eigenvalue weighted by atomic mass is 10.2. The number of methoxy groups -OCH3 is 1. The topological polar surface area (TPSA) is 106 Å². The van der Waals surface area contributed by atoms with Crippen LogP contribution in [0.2, 0.25) is 0 Å². The number of nitrogens with zero attached hydrogens (tertiary/aromatic N) is 6. The van der Waals surface area contributed by atoms with Crippen molar-refractivity contribution in [3.05, 3.63) is 58.9 Å². The SMILES string of the molecule is COc1cc(N(C)CCN(C)C)c(N)cc1Nc1nccc(-n2c(=O)n(CC3CC3)c3cc(F)ccc32)n1. The van der Waals surface area contributed by atoms with Crippen molar-refractivity contribution >= 4 is 34.0 Å². The predicted molar refractivity (Wildman–Crippen MR) is 148 cm³/mol. The fourth-order valence-electron chi connectivity index (χ4n) is 4.49. The first-order valence-corrected chi connectivity index (χ1v) is 12.6. The number of fused-ring (bicyclic) bond motifs is 1. The highest BCUT2D eigenvalue weighted by Crippen LogP contribution is 2.36. The summed E-state index contributed by atoms with van der Waals surface area (Å²) in [6.07, 6.45) is 3.72. The van der Waals surface area contributed by atoms with Crippen molar-refractivity contribution in [1.29, 1.82) is 0 Å². The van der Waals surface area contributed by atoms with E-state index in [0.29, 0.717) is 46.4 Å². The van der Waals surface area contributed by atoms with Gasteiger partial charge in [0.1, 0.15) is 17.4 Å². The van der Waals surface area contributed by atoms with Crippen molar-refractivity contribution in [2.24, 2.45) is 5.92 Å². The summed E-state index contributed by atoms with van der Waals surface area (Å²) in [6.45, 7) is 2.24. The lowest BCUT2D eigenvalue weighted by molar-refractivity contribution is 0.413. The van der Waals surface area contributed by atoms with Gasteiger partial charge in [0.25, 0.3) is 0 Å². The summed E-state index contributed by atoms with van der Waals surface area (Å²) in [6, 6.07) is 9.69. The zero-order valence-corrected chi connectivity index (χ0v) is 22.1. The third kappa shape index (κ3) is 5.14. The molecule has 1 fully saturated rings. The molecule has 10 nitrogen and oxygen atoms in total. The predicted octanol–water partition coefficient (Wildman–Crippen LogP) is 3.46. The van der Waals surface area contributed by atoms with Gasteiger partial charge in [0.2, 0.25) is 5.95 Å². The molecule has 0 amide bonds. The lowest BCUT2D eigenvalue weighted by Gasteiger charge is -2.24. The number of nitrogens with two attached hydrogens (primary N) is 1. The first-order valence-electron chi connectivity index (χ1n) is 12.6. The summed E-state index contributed by atoms with van der Waals surface area (Å²) in [4.78, 5) is 26.6. The Kier molecular flexibility index (Phi) is 6.94. The fraction of sp³-hybridized carbons (Fsp3) is 0.370. The molecule has 11 heteroatoms. The zero-order valence-electron chi connectivity index (χ0n) is 22.1. The highest BCUT2D eigenvalue weighted by atomic mass is 19.1.